The van der Waals surface area contributed by atoms with Crippen molar-refractivity contribution < 1.29 is 0 Å². The van der Waals surface area contributed by atoms with Crippen LogP contribution in [-0.2, 0) is 0 Å². The van der Waals surface area contributed by atoms with E-state index in [1.807, 2.05) is 0 Å². The zero-order chi connectivity index (χ0) is 13.1. The van der Waals surface area contributed by atoms with Gasteiger partial charge in [-0.25, -0.2) is 0 Å². The van der Waals surface area contributed by atoms with Crippen LogP contribution in [0.1, 0.15) is 72.6 Å². The third kappa shape index (κ3) is 5.39. The normalized spacial score (nSPS) is 12.4. The molecule has 0 rings (SSSR count). The first-order valence-electron chi connectivity index (χ1n) is 7.65. The Morgan fingerprint density at radius 1 is 0.824 bits per heavy atom. The molecule has 0 aliphatic heterocycles. The maximum atomic E-state index is 6.05. The highest BCUT2D eigenvalue weighted by atomic mass is 15.2. The van der Waals surface area contributed by atoms with E-state index in [1.54, 1.807) is 0 Å². The van der Waals surface area contributed by atoms with E-state index in [0.717, 1.165) is 6.54 Å². The largest absolute Gasteiger partial charge is 0.329 e. The fourth-order valence-corrected chi connectivity index (χ4v) is 2.70. The van der Waals surface area contributed by atoms with E-state index in [0.29, 0.717) is 0 Å². The number of hydrogen-bond acceptors (Lipinski definition) is 2. The van der Waals surface area contributed by atoms with Gasteiger partial charge >= 0.3 is 0 Å². The Labute approximate surface area is 109 Å². The summed E-state index contributed by atoms with van der Waals surface area (Å²) in [5, 5.41) is 0. The molecular formula is C15H34N2. The molecule has 0 saturated carbocycles. The second-order valence-electron chi connectivity index (χ2n) is 5.18. The summed E-state index contributed by atoms with van der Waals surface area (Å²) in [6, 6.07) is 0. The van der Waals surface area contributed by atoms with Crippen LogP contribution in [0, 0.1) is 0 Å². The van der Waals surface area contributed by atoms with Gasteiger partial charge in [-0.05, 0) is 38.8 Å². The van der Waals surface area contributed by atoms with Crippen molar-refractivity contribution in [2.24, 2.45) is 5.73 Å². The van der Waals surface area contributed by atoms with Gasteiger partial charge in [-0.15, -0.1) is 0 Å². The summed E-state index contributed by atoms with van der Waals surface area (Å²) in [5.41, 5.74) is 6.30. The van der Waals surface area contributed by atoms with Crippen molar-refractivity contribution >= 4 is 0 Å². The molecule has 17 heavy (non-hydrogen) atoms. The average molecular weight is 242 g/mol. The van der Waals surface area contributed by atoms with Crippen LogP contribution in [0.3, 0.4) is 0 Å². The summed E-state index contributed by atoms with van der Waals surface area (Å²) >= 11 is 0. The lowest BCUT2D eigenvalue weighted by molar-refractivity contribution is 0.0824. The highest BCUT2D eigenvalue weighted by molar-refractivity contribution is 4.89. The highest BCUT2D eigenvalue weighted by Gasteiger charge is 2.30. The van der Waals surface area contributed by atoms with Crippen molar-refractivity contribution in [3.05, 3.63) is 0 Å². The SMILES string of the molecule is CCCCCCN(CCC)C(CC)(CC)CN. The summed E-state index contributed by atoms with van der Waals surface area (Å²) in [4.78, 5) is 2.66. The molecular weight excluding hydrogens is 208 g/mol. The van der Waals surface area contributed by atoms with Gasteiger partial charge in [0.1, 0.15) is 0 Å². The number of rotatable bonds is 11. The monoisotopic (exact) mass is 242 g/mol. The molecule has 0 aromatic heterocycles. The predicted octanol–water partition coefficient (Wildman–Crippen LogP) is 3.80. The summed E-state index contributed by atoms with van der Waals surface area (Å²) in [5.74, 6) is 0. The Kier molecular flexibility index (Phi) is 9.85. The molecule has 2 heteroatoms. The quantitative estimate of drug-likeness (QED) is 0.558. The molecule has 0 spiro atoms. The molecule has 0 bridgehead atoms. The van der Waals surface area contributed by atoms with Crippen LogP contribution in [0.4, 0.5) is 0 Å². The van der Waals surface area contributed by atoms with E-state index in [4.69, 9.17) is 5.73 Å². The summed E-state index contributed by atoms with van der Waals surface area (Å²) in [7, 11) is 0. The Morgan fingerprint density at radius 3 is 1.88 bits per heavy atom. The van der Waals surface area contributed by atoms with Gasteiger partial charge in [0.25, 0.3) is 0 Å². The second kappa shape index (κ2) is 9.90. The Bertz CT molecular complexity index is 156. The number of nitrogens with two attached hydrogens (primary N) is 1. The van der Waals surface area contributed by atoms with Crippen LogP contribution in [0.25, 0.3) is 0 Å². The molecule has 0 radical (unpaired) electrons. The summed E-state index contributed by atoms with van der Waals surface area (Å²) < 4.78 is 0. The average Bonchev–Trinajstić information content (AvgIpc) is 2.37. The number of hydrogen-bond donors (Lipinski definition) is 1. The van der Waals surface area contributed by atoms with E-state index in [-0.39, 0.29) is 5.54 Å². The standard InChI is InChI=1S/C15H34N2/c1-5-9-10-11-13-17(12-6-2)15(7-3,8-4)14-16/h5-14,16H2,1-4H3. The van der Waals surface area contributed by atoms with Gasteiger partial charge in [0, 0.05) is 12.1 Å². The summed E-state index contributed by atoms with van der Waals surface area (Å²) in [6.07, 6.45) is 8.96. The smallest absolute Gasteiger partial charge is 0.0326 e. The molecule has 0 heterocycles. The second-order valence-corrected chi connectivity index (χ2v) is 5.18. The maximum Gasteiger partial charge on any atom is 0.0326 e. The molecule has 0 fully saturated rings. The first-order chi connectivity index (χ1) is 8.20. The van der Waals surface area contributed by atoms with Crippen LogP contribution < -0.4 is 5.73 Å². The van der Waals surface area contributed by atoms with E-state index < -0.39 is 0 Å². The molecule has 0 unspecified atom stereocenters. The highest BCUT2D eigenvalue weighted by Crippen LogP contribution is 2.24. The fourth-order valence-electron chi connectivity index (χ4n) is 2.70. The fraction of sp³-hybridized carbons (Fsp3) is 1.00. The lowest BCUT2D eigenvalue weighted by Gasteiger charge is -2.42. The Balaban J connectivity index is 4.35. The molecule has 0 amide bonds. The third-order valence-electron chi connectivity index (χ3n) is 4.14. The predicted molar refractivity (Wildman–Crippen MR) is 78.4 cm³/mol. The zero-order valence-electron chi connectivity index (χ0n) is 12.6. The topological polar surface area (TPSA) is 29.3 Å². The van der Waals surface area contributed by atoms with Crippen molar-refractivity contribution in [2.45, 2.75) is 78.2 Å². The minimum atomic E-state index is 0.252. The zero-order valence-corrected chi connectivity index (χ0v) is 12.6. The molecule has 2 N–H and O–H groups in total. The molecule has 2 nitrogen and oxygen atoms in total. The van der Waals surface area contributed by atoms with Crippen molar-refractivity contribution in [3.63, 3.8) is 0 Å². The van der Waals surface area contributed by atoms with Crippen molar-refractivity contribution in [2.75, 3.05) is 19.6 Å². The molecule has 0 aliphatic carbocycles. The van der Waals surface area contributed by atoms with Crippen LogP contribution >= 0.6 is 0 Å². The van der Waals surface area contributed by atoms with Gasteiger partial charge in [-0.2, -0.15) is 0 Å². The van der Waals surface area contributed by atoms with Gasteiger partial charge in [-0.1, -0.05) is 47.0 Å². The van der Waals surface area contributed by atoms with E-state index in [2.05, 4.69) is 32.6 Å². The van der Waals surface area contributed by atoms with Gasteiger partial charge in [0.05, 0.1) is 0 Å². The minimum Gasteiger partial charge on any atom is -0.329 e. The third-order valence-corrected chi connectivity index (χ3v) is 4.14. The molecule has 0 aliphatic rings. The molecule has 0 aromatic carbocycles. The van der Waals surface area contributed by atoms with Crippen molar-refractivity contribution in [1.29, 1.82) is 0 Å². The van der Waals surface area contributed by atoms with Crippen LogP contribution in [0.5, 0.6) is 0 Å². The van der Waals surface area contributed by atoms with Crippen molar-refractivity contribution in [1.82, 2.24) is 4.90 Å². The lowest BCUT2D eigenvalue weighted by Crippen LogP contribution is -2.53. The van der Waals surface area contributed by atoms with Gasteiger partial charge in [0.2, 0.25) is 0 Å². The molecule has 0 aromatic rings. The summed E-state index contributed by atoms with van der Waals surface area (Å²) in [6.45, 7) is 12.3. The number of nitrogens with zero attached hydrogens (tertiary/aromatic N) is 1. The first kappa shape index (κ1) is 16.9. The number of unbranched alkanes of at least 4 members (excludes halogenated alkanes) is 3. The van der Waals surface area contributed by atoms with Crippen LogP contribution in [0.15, 0.2) is 0 Å². The molecule has 0 atom stereocenters. The van der Waals surface area contributed by atoms with E-state index in [1.165, 1.54) is 58.0 Å². The maximum absolute atomic E-state index is 6.05. The first-order valence-corrected chi connectivity index (χ1v) is 7.65. The lowest BCUT2D eigenvalue weighted by atomic mass is 9.90. The van der Waals surface area contributed by atoms with E-state index in [9.17, 15) is 0 Å². The molecule has 104 valence electrons. The van der Waals surface area contributed by atoms with E-state index >= 15 is 0 Å². The van der Waals surface area contributed by atoms with Gasteiger partial charge < -0.3 is 5.73 Å². The minimum absolute atomic E-state index is 0.252. The Hall–Kier alpha value is -0.0800. The van der Waals surface area contributed by atoms with Gasteiger partial charge in [-0.3, -0.25) is 4.90 Å². The van der Waals surface area contributed by atoms with Crippen LogP contribution in [-0.4, -0.2) is 30.1 Å². The molecule has 0 saturated heterocycles. The van der Waals surface area contributed by atoms with Crippen molar-refractivity contribution in [3.8, 4) is 0 Å². The van der Waals surface area contributed by atoms with Gasteiger partial charge in [0.15, 0.2) is 0 Å². The van der Waals surface area contributed by atoms with Crippen LogP contribution in [0.2, 0.25) is 0 Å². The Morgan fingerprint density at radius 2 is 1.47 bits per heavy atom.